The summed E-state index contributed by atoms with van der Waals surface area (Å²) < 4.78 is 11.2. The Morgan fingerprint density at radius 1 is 1.17 bits per heavy atom. The third-order valence-electron chi connectivity index (χ3n) is 4.74. The molecule has 1 aromatic rings. The number of hydrogen-bond donors (Lipinski definition) is 2. The number of ether oxygens (including phenoxy) is 2. The fourth-order valence-electron chi connectivity index (χ4n) is 2.83. The summed E-state index contributed by atoms with van der Waals surface area (Å²) in [5.41, 5.74) is 0.274. The van der Waals surface area contributed by atoms with E-state index in [0.717, 1.165) is 11.6 Å². The van der Waals surface area contributed by atoms with Gasteiger partial charge in [-0.05, 0) is 18.6 Å². The largest absolute Gasteiger partial charge is 0.478 e. The van der Waals surface area contributed by atoms with Gasteiger partial charge in [-0.3, -0.25) is 4.79 Å². The van der Waals surface area contributed by atoms with Crippen molar-refractivity contribution in [3.05, 3.63) is 72.4 Å². The van der Waals surface area contributed by atoms with Crippen LogP contribution in [0, 0.1) is 0 Å². The van der Waals surface area contributed by atoms with Gasteiger partial charge in [0.1, 0.15) is 11.6 Å². The van der Waals surface area contributed by atoms with Crippen LogP contribution in [0.15, 0.2) is 66.8 Å². The number of nitrogens with one attached hydrogen (secondary N) is 1. The number of carbonyl (C=O) groups excluding carboxylic acids is 2. The highest BCUT2D eigenvalue weighted by Crippen LogP contribution is 2.33. The van der Waals surface area contributed by atoms with Crippen molar-refractivity contribution in [3.63, 3.8) is 0 Å². The molecule has 0 saturated carbocycles. The first kappa shape index (κ1) is 23.1. The molecule has 7 nitrogen and oxygen atoms in total. The van der Waals surface area contributed by atoms with E-state index in [2.05, 4.69) is 5.32 Å². The topological polar surface area (TPSA) is 105 Å². The maximum atomic E-state index is 13.0. The Labute approximate surface area is 176 Å². The molecule has 1 aromatic carbocycles. The van der Waals surface area contributed by atoms with Gasteiger partial charge in [-0.1, -0.05) is 61.6 Å². The predicted molar refractivity (Wildman–Crippen MR) is 112 cm³/mol. The van der Waals surface area contributed by atoms with Gasteiger partial charge in [0.25, 0.3) is 0 Å². The number of benzene rings is 1. The molecular formula is C23H27NO6. The monoisotopic (exact) mass is 413 g/mol. The second-order valence-corrected chi connectivity index (χ2v) is 7.30. The summed E-state index contributed by atoms with van der Waals surface area (Å²) in [6.07, 6.45) is 8.26. The zero-order valence-electron chi connectivity index (χ0n) is 17.3. The van der Waals surface area contributed by atoms with Gasteiger partial charge in [0, 0.05) is 18.9 Å². The van der Waals surface area contributed by atoms with Crippen LogP contribution in [0.3, 0.4) is 0 Å². The van der Waals surface area contributed by atoms with Crippen molar-refractivity contribution in [2.45, 2.75) is 44.4 Å². The maximum Gasteiger partial charge on any atom is 0.329 e. The van der Waals surface area contributed by atoms with Crippen LogP contribution in [0.5, 0.6) is 0 Å². The van der Waals surface area contributed by atoms with E-state index in [1.54, 1.807) is 24.3 Å². The molecule has 1 aliphatic rings. The van der Waals surface area contributed by atoms with E-state index in [9.17, 15) is 14.4 Å². The summed E-state index contributed by atoms with van der Waals surface area (Å²) in [7, 11) is 0. The quantitative estimate of drug-likeness (QED) is 0.264. The first-order chi connectivity index (χ1) is 14.2. The third-order valence-corrected chi connectivity index (χ3v) is 4.74. The lowest BCUT2D eigenvalue weighted by molar-refractivity contribution is -0.154. The number of allylic oxidation sites excluding steroid dienone is 4. The van der Waals surface area contributed by atoms with Crippen molar-refractivity contribution in [1.82, 2.24) is 5.32 Å². The number of carboxylic acids is 1. The summed E-state index contributed by atoms with van der Waals surface area (Å²) in [6.45, 7) is 5.49. The molecule has 1 fully saturated rings. The average Bonchev–Trinajstić information content (AvgIpc) is 3.46. The van der Waals surface area contributed by atoms with Gasteiger partial charge in [-0.15, -0.1) is 0 Å². The number of hydrogen-bond acceptors (Lipinski definition) is 5. The number of rotatable bonds is 10. The number of epoxide rings is 1. The number of esters is 1. The van der Waals surface area contributed by atoms with Crippen LogP contribution in [0.2, 0.25) is 0 Å². The van der Waals surface area contributed by atoms with Gasteiger partial charge in [-0.25, -0.2) is 9.59 Å². The smallest absolute Gasteiger partial charge is 0.329 e. The van der Waals surface area contributed by atoms with Crippen molar-refractivity contribution in [2.75, 3.05) is 6.61 Å². The summed E-state index contributed by atoms with van der Waals surface area (Å²) in [5, 5.41) is 11.3. The number of carboxylic acid groups (broad SMARTS) is 1. The second kappa shape index (κ2) is 10.5. The Morgan fingerprint density at radius 3 is 2.37 bits per heavy atom. The minimum atomic E-state index is -1.04. The van der Waals surface area contributed by atoms with Crippen molar-refractivity contribution in [3.8, 4) is 0 Å². The van der Waals surface area contributed by atoms with E-state index >= 15 is 0 Å². The standard InChI is InChI=1S/C23H27NO6/c1-16(18-11-7-6-8-12-18)21(24-17(2)25)22(28)30-19(23(3)15-29-23)13-9-4-5-10-14-20(26)27/h4-14,16,19,21H,15H2,1-3H3,(H,24,25)(H,26,27)/t16-,19-,21-,23-/m0/s1. The van der Waals surface area contributed by atoms with Gasteiger partial charge in [0.05, 0.1) is 6.61 Å². The molecule has 0 aromatic heterocycles. The molecule has 0 spiro atoms. The van der Waals surface area contributed by atoms with E-state index < -0.39 is 29.7 Å². The molecule has 1 amide bonds. The Hall–Kier alpha value is -3.19. The summed E-state index contributed by atoms with van der Waals surface area (Å²) in [6, 6.07) is 8.57. The summed E-state index contributed by atoms with van der Waals surface area (Å²) in [4.78, 5) is 35.1. The molecule has 0 radical (unpaired) electrons. The van der Waals surface area contributed by atoms with Crippen molar-refractivity contribution < 1.29 is 29.0 Å². The SMILES string of the molecule is CC(=O)N[C@H](C(=O)O[C@@H](C=CC=CC=CC(=O)O)[C@]1(C)CO1)[C@@H](C)c1ccccc1. The molecule has 30 heavy (non-hydrogen) atoms. The number of carbonyl (C=O) groups is 3. The Morgan fingerprint density at radius 2 is 1.80 bits per heavy atom. The van der Waals surface area contributed by atoms with E-state index in [1.165, 1.54) is 13.0 Å². The molecule has 0 aliphatic carbocycles. The Kier molecular flexibility index (Phi) is 8.12. The molecule has 0 bridgehead atoms. The van der Waals surface area contributed by atoms with E-state index in [-0.39, 0.29) is 11.8 Å². The Balaban J connectivity index is 2.13. The lowest BCUT2D eigenvalue weighted by atomic mass is 9.93. The normalized spacial score (nSPS) is 21.4. The van der Waals surface area contributed by atoms with E-state index in [0.29, 0.717) is 6.61 Å². The van der Waals surface area contributed by atoms with E-state index in [4.69, 9.17) is 14.6 Å². The van der Waals surface area contributed by atoms with Gasteiger partial charge in [-0.2, -0.15) is 0 Å². The molecule has 4 atom stereocenters. The lowest BCUT2D eigenvalue weighted by Gasteiger charge is -2.26. The molecule has 7 heteroatoms. The van der Waals surface area contributed by atoms with Crippen LogP contribution in [-0.4, -0.2) is 47.3 Å². The first-order valence-electron chi connectivity index (χ1n) is 9.64. The molecule has 1 heterocycles. The van der Waals surface area contributed by atoms with Crippen LogP contribution in [0.1, 0.15) is 32.3 Å². The zero-order valence-corrected chi connectivity index (χ0v) is 17.3. The van der Waals surface area contributed by atoms with Crippen LogP contribution < -0.4 is 5.32 Å². The minimum Gasteiger partial charge on any atom is -0.478 e. The molecule has 2 N–H and O–H groups in total. The zero-order chi connectivity index (χ0) is 22.1. The average molecular weight is 413 g/mol. The molecule has 1 saturated heterocycles. The van der Waals surface area contributed by atoms with Gasteiger partial charge >= 0.3 is 11.9 Å². The minimum absolute atomic E-state index is 0.291. The summed E-state index contributed by atoms with van der Waals surface area (Å²) in [5.74, 6) is -2.20. The molecule has 0 unspecified atom stereocenters. The fraction of sp³-hybridized carbons (Fsp3) is 0.348. The van der Waals surface area contributed by atoms with Crippen molar-refractivity contribution >= 4 is 17.8 Å². The second-order valence-electron chi connectivity index (χ2n) is 7.30. The van der Waals surface area contributed by atoms with Crippen LogP contribution in [0.25, 0.3) is 0 Å². The third kappa shape index (κ3) is 7.00. The number of amides is 1. The van der Waals surface area contributed by atoms with Crippen LogP contribution in [0.4, 0.5) is 0 Å². The fourth-order valence-corrected chi connectivity index (χ4v) is 2.83. The Bertz CT molecular complexity index is 839. The van der Waals surface area contributed by atoms with Crippen molar-refractivity contribution in [1.29, 1.82) is 0 Å². The van der Waals surface area contributed by atoms with Crippen LogP contribution >= 0.6 is 0 Å². The van der Waals surface area contributed by atoms with E-state index in [1.807, 2.05) is 44.2 Å². The molecular weight excluding hydrogens is 386 g/mol. The summed E-state index contributed by atoms with van der Waals surface area (Å²) >= 11 is 0. The highest BCUT2D eigenvalue weighted by atomic mass is 16.6. The lowest BCUT2D eigenvalue weighted by Crippen LogP contribution is -2.46. The van der Waals surface area contributed by atoms with Gasteiger partial charge in [0.2, 0.25) is 5.91 Å². The highest BCUT2D eigenvalue weighted by molar-refractivity contribution is 5.84. The van der Waals surface area contributed by atoms with Gasteiger partial charge in [0.15, 0.2) is 6.10 Å². The van der Waals surface area contributed by atoms with Gasteiger partial charge < -0.3 is 19.9 Å². The van der Waals surface area contributed by atoms with Crippen LogP contribution in [-0.2, 0) is 23.9 Å². The van der Waals surface area contributed by atoms with Crippen molar-refractivity contribution in [2.24, 2.45) is 0 Å². The predicted octanol–water partition coefficient (Wildman–Crippen LogP) is 2.75. The maximum absolute atomic E-state index is 13.0. The molecule has 2 rings (SSSR count). The number of aliphatic carboxylic acids is 1. The highest BCUT2D eigenvalue weighted by Gasteiger charge is 2.49. The molecule has 1 aliphatic heterocycles. The molecule has 160 valence electrons. The first-order valence-corrected chi connectivity index (χ1v) is 9.64.